The summed E-state index contributed by atoms with van der Waals surface area (Å²) in [6.45, 7) is 6.17. The maximum Gasteiger partial charge on any atom is 0.216 e. The highest BCUT2D eigenvalue weighted by atomic mass is 16.5. The second-order valence-electron chi connectivity index (χ2n) is 8.39. The van der Waals surface area contributed by atoms with Crippen LogP contribution in [0.4, 0.5) is 0 Å². The van der Waals surface area contributed by atoms with Crippen molar-refractivity contribution in [1.82, 2.24) is 5.32 Å². The van der Waals surface area contributed by atoms with Gasteiger partial charge in [0.25, 0.3) is 0 Å². The lowest BCUT2D eigenvalue weighted by Gasteiger charge is -2.11. The molecule has 4 aromatic rings. The van der Waals surface area contributed by atoms with Crippen LogP contribution in [0.15, 0.2) is 84.9 Å². The van der Waals surface area contributed by atoms with Crippen molar-refractivity contribution in [2.24, 2.45) is 0 Å². The third kappa shape index (κ3) is 6.51. The van der Waals surface area contributed by atoms with Crippen molar-refractivity contribution < 1.29 is 19.0 Å². The number of ether oxygens (including phenoxy) is 3. The van der Waals surface area contributed by atoms with Crippen molar-refractivity contribution in [1.29, 1.82) is 0 Å². The third-order valence-electron chi connectivity index (χ3n) is 5.15. The molecule has 0 heterocycles. The Labute approximate surface area is 200 Å². The maximum absolute atomic E-state index is 11.0. The largest absolute Gasteiger partial charge is 0.491 e. The molecular weight excluding hydrogens is 426 g/mol. The Hall–Kier alpha value is -3.99. The Morgan fingerprint density at radius 3 is 1.79 bits per heavy atom. The minimum Gasteiger partial charge on any atom is -0.491 e. The molecule has 4 rings (SSSR count). The van der Waals surface area contributed by atoms with E-state index in [-0.39, 0.29) is 12.0 Å². The fourth-order valence-electron chi connectivity index (χ4n) is 3.58. The van der Waals surface area contributed by atoms with E-state index >= 15 is 0 Å². The van der Waals surface area contributed by atoms with E-state index in [9.17, 15) is 4.79 Å². The van der Waals surface area contributed by atoms with Crippen LogP contribution < -0.4 is 19.5 Å². The molecule has 1 amide bonds. The van der Waals surface area contributed by atoms with E-state index in [1.165, 1.54) is 12.5 Å². The van der Waals surface area contributed by atoms with Gasteiger partial charge in [-0.2, -0.15) is 0 Å². The normalized spacial score (nSPS) is 10.8. The van der Waals surface area contributed by atoms with Gasteiger partial charge in [0.05, 0.1) is 6.10 Å². The highest BCUT2D eigenvalue weighted by Crippen LogP contribution is 2.29. The summed E-state index contributed by atoms with van der Waals surface area (Å²) in [6, 6.07) is 27.5. The average molecular weight is 456 g/mol. The minimum atomic E-state index is -0.00645. The van der Waals surface area contributed by atoms with Gasteiger partial charge in [-0.15, -0.1) is 0 Å². The molecule has 34 heavy (non-hydrogen) atoms. The topological polar surface area (TPSA) is 56.8 Å². The van der Waals surface area contributed by atoms with Crippen LogP contribution in [0.3, 0.4) is 0 Å². The zero-order valence-corrected chi connectivity index (χ0v) is 19.7. The van der Waals surface area contributed by atoms with E-state index in [0.29, 0.717) is 6.54 Å². The zero-order valence-electron chi connectivity index (χ0n) is 19.7. The molecular formula is C29H29NO4. The number of nitrogens with one attached hydrogen (secondary N) is 1. The SMILES string of the molecule is CC(=O)NCCc1ccc2cc(Oc3ccc(Oc4ccc(OC(C)C)cc4)cc3)ccc2c1. The van der Waals surface area contributed by atoms with Crippen LogP contribution in [-0.4, -0.2) is 18.6 Å². The van der Waals surface area contributed by atoms with Crippen molar-refractivity contribution in [3.8, 4) is 28.7 Å². The smallest absolute Gasteiger partial charge is 0.216 e. The van der Waals surface area contributed by atoms with E-state index in [2.05, 4.69) is 29.6 Å². The second kappa shape index (κ2) is 10.8. The van der Waals surface area contributed by atoms with Crippen molar-refractivity contribution in [2.75, 3.05) is 6.54 Å². The molecule has 0 aromatic heterocycles. The average Bonchev–Trinajstić information content (AvgIpc) is 2.81. The third-order valence-corrected chi connectivity index (χ3v) is 5.15. The van der Waals surface area contributed by atoms with Gasteiger partial charge in [0.1, 0.15) is 28.7 Å². The fraction of sp³-hybridized carbons (Fsp3) is 0.207. The zero-order chi connectivity index (χ0) is 23.9. The number of amides is 1. The minimum absolute atomic E-state index is 0.00645. The number of carbonyl (C=O) groups excluding carboxylic acids is 1. The number of rotatable bonds is 9. The Bertz CT molecular complexity index is 1250. The lowest BCUT2D eigenvalue weighted by molar-refractivity contribution is -0.118. The molecule has 5 nitrogen and oxygen atoms in total. The monoisotopic (exact) mass is 455 g/mol. The molecule has 1 N–H and O–H groups in total. The standard InChI is InChI=1S/C29H29NO4/c1-20(2)32-25-8-10-26(11-9-25)33-27-12-14-28(15-13-27)34-29-7-6-23-18-22(4-5-24(23)19-29)16-17-30-21(3)31/h4-15,18-20H,16-17H2,1-3H3,(H,30,31). The molecule has 0 radical (unpaired) electrons. The van der Waals surface area contributed by atoms with Crippen LogP contribution in [-0.2, 0) is 11.2 Å². The van der Waals surface area contributed by atoms with Gasteiger partial charge in [-0.1, -0.05) is 24.3 Å². The van der Waals surface area contributed by atoms with Gasteiger partial charge in [-0.05, 0) is 97.3 Å². The van der Waals surface area contributed by atoms with Crippen molar-refractivity contribution >= 4 is 16.7 Å². The van der Waals surface area contributed by atoms with E-state index in [0.717, 1.165) is 45.9 Å². The number of hydrogen-bond acceptors (Lipinski definition) is 4. The van der Waals surface area contributed by atoms with Crippen LogP contribution in [0, 0.1) is 0 Å². The predicted octanol–water partition coefficient (Wildman–Crippen LogP) is 6.89. The van der Waals surface area contributed by atoms with E-state index in [1.807, 2.05) is 74.5 Å². The lowest BCUT2D eigenvalue weighted by Crippen LogP contribution is -2.22. The van der Waals surface area contributed by atoms with Crippen LogP contribution in [0.1, 0.15) is 26.3 Å². The summed E-state index contributed by atoms with van der Waals surface area (Å²) >= 11 is 0. The van der Waals surface area contributed by atoms with Crippen molar-refractivity contribution in [3.05, 3.63) is 90.5 Å². The second-order valence-corrected chi connectivity index (χ2v) is 8.39. The van der Waals surface area contributed by atoms with Gasteiger partial charge < -0.3 is 19.5 Å². The summed E-state index contributed by atoms with van der Waals surface area (Å²) in [5.74, 6) is 3.80. The number of hydrogen-bond donors (Lipinski definition) is 1. The number of carbonyl (C=O) groups is 1. The first-order valence-electron chi connectivity index (χ1n) is 11.4. The molecule has 0 atom stereocenters. The van der Waals surface area contributed by atoms with Crippen molar-refractivity contribution in [3.63, 3.8) is 0 Å². The van der Waals surface area contributed by atoms with Gasteiger partial charge in [0.2, 0.25) is 5.91 Å². The molecule has 0 saturated heterocycles. The highest BCUT2D eigenvalue weighted by molar-refractivity contribution is 5.84. The molecule has 0 bridgehead atoms. The Morgan fingerprint density at radius 2 is 1.21 bits per heavy atom. The van der Waals surface area contributed by atoms with Crippen LogP contribution in [0.2, 0.25) is 0 Å². The van der Waals surface area contributed by atoms with Gasteiger partial charge >= 0.3 is 0 Å². The van der Waals surface area contributed by atoms with Crippen molar-refractivity contribution in [2.45, 2.75) is 33.3 Å². The van der Waals surface area contributed by atoms with E-state index in [4.69, 9.17) is 14.2 Å². The lowest BCUT2D eigenvalue weighted by atomic mass is 10.0. The summed E-state index contributed by atoms with van der Waals surface area (Å²) in [5.41, 5.74) is 1.19. The van der Waals surface area contributed by atoms with Crippen LogP contribution >= 0.6 is 0 Å². The Balaban J connectivity index is 1.36. The van der Waals surface area contributed by atoms with Gasteiger partial charge in [-0.3, -0.25) is 4.79 Å². The highest BCUT2D eigenvalue weighted by Gasteiger charge is 2.04. The Morgan fingerprint density at radius 1 is 0.706 bits per heavy atom. The molecule has 0 aliphatic carbocycles. The quantitative estimate of drug-likeness (QED) is 0.299. The van der Waals surface area contributed by atoms with Crippen LogP contribution in [0.25, 0.3) is 10.8 Å². The summed E-state index contributed by atoms with van der Waals surface area (Å²) in [4.78, 5) is 11.0. The van der Waals surface area contributed by atoms with Gasteiger partial charge in [-0.25, -0.2) is 0 Å². The summed E-state index contributed by atoms with van der Waals surface area (Å²) in [5, 5.41) is 5.07. The molecule has 5 heteroatoms. The summed E-state index contributed by atoms with van der Waals surface area (Å²) in [7, 11) is 0. The van der Waals surface area contributed by atoms with Crippen LogP contribution in [0.5, 0.6) is 28.7 Å². The molecule has 0 spiro atoms. The molecule has 0 aliphatic heterocycles. The molecule has 0 aliphatic rings. The summed E-state index contributed by atoms with van der Waals surface area (Å²) < 4.78 is 17.6. The van der Waals surface area contributed by atoms with Gasteiger partial charge in [0, 0.05) is 13.5 Å². The first kappa shape index (κ1) is 23.2. The van der Waals surface area contributed by atoms with E-state index < -0.39 is 0 Å². The van der Waals surface area contributed by atoms with E-state index in [1.54, 1.807) is 0 Å². The van der Waals surface area contributed by atoms with Gasteiger partial charge in [0.15, 0.2) is 0 Å². The number of benzene rings is 4. The molecule has 4 aromatic carbocycles. The molecule has 0 unspecified atom stereocenters. The summed E-state index contributed by atoms with van der Waals surface area (Å²) in [6.07, 6.45) is 0.943. The molecule has 0 fully saturated rings. The molecule has 174 valence electrons. The first-order valence-corrected chi connectivity index (χ1v) is 11.4. The Kier molecular flexibility index (Phi) is 7.33. The fourth-order valence-corrected chi connectivity index (χ4v) is 3.58. The predicted molar refractivity (Wildman–Crippen MR) is 135 cm³/mol. The number of fused-ring (bicyclic) bond motifs is 1. The maximum atomic E-state index is 11.0. The molecule has 0 saturated carbocycles. The first-order chi connectivity index (χ1) is 16.4.